The van der Waals surface area contributed by atoms with Gasteiger partial charge in [-0.25, -0.2) is 4.98 Å². The summed E-state index contributed by atoms with van der Waals surface area (Å²) in [5.41, 5.74) is 3.64. The molecule has 0 saturated carbocycles. The Labute approximate surface area is 138 Å². The summed E-state index contributed by atoms with van der Waals surface area (Å²) in [5.74, 6) is -0.0194. The average Bonchev–Trinajstić information content (AvgIpc) is 3.03. The first-order valence-corrected chi connectivity index (χ1v) is 8.16. The number of hydrogen-bond acceptors (Lipinski definition) is 5. The SMILES string of the molecule is Cc1cc(NC(=O)CCc2csc(-c3ccncc3)n2)ccn1. The second-order valence-corrected chi connectivity index (χ2v) is 5.97. The van der Waals surface area contributed by atoms with Gasteiger partial charge in [-0.15, -0.1) is 11.3 Å². The van der Waals surface area contributed by atoms with E-state index in [9.17, 15) is 4.79 Å². The zero-order valence-corrected chi connectivity index (χ0v) is 13.5. The molecule has 0 spiro atoms. The maximum Gasteiger partial charge on any atom is 0.224 e. The van der Waals surface area contributed by atoms with Gasteiger partial charge in [0.1, 0.15) is 5.01 Å². The topological polar surface area (TPSA) is 67.8 Å². The third kappa shape index (κ3) is 4.20. The number of amides is 1. The molecular weight excluding hydrogens is 308 g/mol. The van der Waals surface area contributed by atoms with Crippen LogP contribution in [0.5, 0.6) is 0 Å². The Balaban J connectivity index is 1.56. The van der Waals surface area contributed by atoms with E-state index in [2.05, 4.69) is 20.3 Å². The molecule has 3 aromatic heterocycles. The lowest BCUT2D eigenvalue weighted by molar-refractivity contribution is -0.116. The number of nitrogens with zero attached hydrogens (tertiary/aromatic N) is 3. The summed E-state index contributed by atoms with van der Waals surface area (Å²) in [6.45, 7) is 1.89. The van der Waals surface area contributed by atoms with Crippen LogP contribution in [-0.2, 0) is 11.2 Å². The van der Waals surface area contributed by atoms with E-state index in [0.29, 0.717) is 12.8 Å². The first-order valence-electron chi connectivity index (χ1n) is 7.28. The van der Waals surface area contributed by atoms with Crippen LogP contribution in [0.4, 0.5) is 5.69 Å². The Bertz CT molecular complexity index is 801. The van der Waals surface area contributed by atoms with Crippen LogP contribution in [0.2, 0.25) is 0 Å². The number of hydrogen-bond donors (Lipinski definition) is 1. The second kappa shape index (κ2) is 7.11. The molecule has 0 bridgehead atoms. The highest BCUT2D eigenvalue weighted by atomic mass is 32.1. The van der Waals surface area contributed by atoms with Crippen molar-refractivity contribution in [3.63, 3.8) is 0 Å². The molecule has 1 N–H and O–H groups in total. The lowest BCUT2D eigenvalue weighted by Crippen LogP contribution is -2.12. The van der Waals surface area contributed by atoms with Crippen molar-refractivity contribution in [1.82, 2.24) is 15.0 Å². The molecule has 0 unspecified atom stereocenters. The Kier molecular flexibility index (Phi) is 4.73. The van der Waals surface area contributed by atoms with Crippen molar-refractivity contribution in [2.24, 2.45) is 0 Å². The third-order valence-corrected chi connectivity index (χ3v) is 4.21. The zero-order valence-electron chi connectivity index (χ0n) is 12.7. The number of carbonyl (C=O) groups excluding carboxylic acids is 1. The van der Waals surface area contributed by atoms with E-state index >= 15 is 0 Å². The number of anilines is 1. The van der Waals surface area contributed by atoms with Crippen LogP contribution < -0.4 is 5.32 Å². The van der Waals surface area contributed by atoms with Gasteiger partial charge in [0.2, 0.25) is 5.91 Å². The van der Waals surface area contributed by atoms with Crippen molar-refractivity contribution < 1.29 is 4.79 Å². The fourth-order valence-electron chi connectivity index (χ4n) is 2.14. The summed E-state index contributed by atoms with van der Waals surface area (Å²) < 4.78 is 0. The molecule has 0 aliphatic carbocycles. The van der Waals surface area contributed by atoms with Crippen molar-refractivity contribution in [2.75, 3.05) is 5.32 Å². The molecule has 0 atom stereocenters. The number of carbonyl (C=O) groups is 1. The lowest BCUT2D eigenvalue weighted by atomic mass is 10.2. The van der Waals surface area contributed by atoms with Crippen molar-refractivity contribution in [3.8, 4) is 10.6 Å². The first-order chi connectivity index (χ1) is 11.2. The van der Waals surface area contributed by atoms with Crippen LogP contribution in [0, 0.1) is 6.92 Å². The first kappa shape index (κ1) is 15.3. The molecule has 0 aromatic carbocycles. The monoisotopic (exact) mass is 324 g/mol. The van der Waals surface area contributed by atoms with Crippen LogP contribution in [0.3, 0.4) is 0 Å². The van der Waals surface area contributed by atoms with Gasteiger partial charge in [-0.3, -0.25) is 14.8 Å². The number of aromatic nitrogens is 3. The van der Waals surface area contributed by atoms with Crippen LogP contribution >= 0.6 is 11.3 Å². The molecule has 0 radical (unpaired) electrons. The van der Waals surface area contributed by atoms with Crippen molar-refractivity contribution in [2.45, 2.75) is 19.8 Å². The van der Waals surface area contributed by atoms with Crippen LogP contribution in [0.1, 0.15) is 17.8 Å². The molecule has 116 valence electrons. The predicted molar refractivity (Wildman–Crippen MR) is 91.3 cm³/mol. The normalized spacial score (nSPS) is 10.5. The summed E-state index contributed by atoms with van der Waals surface area (Å²) in [7, 11) is 0. The molecule has 3 rings (SSSR count). The largest absolute Gasteiger partial charge is 0.326 e. The van der Waals surface area contributed by atoms with Gasteiger partial charge in [-0.2, -0.15) is 0 Å². The van der Waals surface area contributed by atoms with Gasteiger partial charge in [0, 0.05) is 47.3 Å². The van der Waals surface area contributed by atoms with E-state index in [1.54, 1.807) is 36.0 Å². The lowest BCUT2D eigenvalue weighted by Gasteiger charge is -2.04. The van der Waals surface area contributed by atoms with Gasteiger partial charge in [0.25, 0.3) is 0 Å². The van der Waals surface area contributed by atoms with E-state index in [1.165, 1.54) is 0 Å². The van der Waals surface area contributed by atoms with E-state index in [-0.39, 0.29) is 5.91 Å². The second-order valence-electron chi connectivity index (χ2n) is 5.11. The Morgan fingerprint density at radius 2 is 2.04 bits per heavy atom. The van der Waals surface area contributed by atoms with Crippen LogP contribution in [0.15, 0.2) is 48.2 Å². The molecule has 1 amide bonds. The molecule has 6 heteroatoms. The highest BCUT2D eigenvalue weighted by Crippen LogP contribution is 2.23. The molecule has 23 heavy (non-hydrogen) atoms. The van der Waals surface area contributed by atoms with E-state index in [0.717, 1.165) is 27.6 Å². The van der Waals surface area contributed by atoms with Crippen LogP contribution in [-0.4, -0.2) is 20.9 Å². The Morgan fingerprint density at radius 1 is 1.22 bits per heavy atom. The number of rotatable bonds is 5. The maximum atomic E-state index is 12.0. The summed E-state index contributed by atoms with van der Waals surface area (Å²) in [6, 6.07) is 7.50. The standard InChI is InChI=1S/C17H16N4OS/c1-12-10-14(6-9-19-12)20-16(22)3-2-15-11-23-17(21-15)13-4-7-18-8-5-13/h4-11H,2-3H2,1H3,(H,19,20,22). The number of nitrogens with one attached hydrogen (secondary N) is 1. The van der Waals surface area contributed by atoms with Crippen molar-refractivity contribution in [3.05, 3.63) is 59.6 Å². The van der Waals surface area contributed by atoms with Crippen molar-refractivity contribution >= 4 is 22.9 Å². The number of pyridine rings is 2. The maximum absolute atomic E-state index is 12.0. The van der Waals surface area contributed by atoms with Gasteiger partial charge in [0.05, 0.1) is 5.69 Å². The minimum Gasteiger partial charge on any atom is -0.326 e. The van der Waals surface area contributed by atoms with E-state index < -0.39 is 0 Å². The molecule has 0 fully saturated rings. The molecule has 5 nitrogen and oxygen atoms in total. The molecule has 3 aromatic rings. The minimum atomic E-state index is -0.0194. The number of thiazole rings is 1. The smallest absolute Gasteiger partial charge is 0.224 e. The fraction of sp³-hybridized carbons (Fsp3) is 0.176. The zero-order chi connectivity index (χ0) is 16.1. The predicted octanol–water partition coefficient (Wildman–Crippen LogP) is 3.48. The molecule has 0 aliphatic heterocycles. The number of aryl methyl sites for hydroxylation is 2. The highest BCUT2D eigenvalue weighted by molar-refractivity contribution is 7.13. The summed E-state index contributed by atoms with van der Waals surface area (Å²) in [6.07, 6.45) is 6.21. The van der Waals surface area contributed by atoms with E-state index in [4.69, 9.17) is 0 Å². The Morgan fingerprint density at radius 3 is 2.83 bits per heavy atom. The quantitative estimate of drug-likeness (QED) is 0.780. The highest BCUT2D eigenvalue weighted by Gasteiger charge is 2.08. The molecule has 0 saturated heterocycles. The average molecular weight is 324 g/mol. The van der Waals surface area contributed by atoms with Gasteiger partial charge >= 0.3 is 0 Å². The summed E-state index contributed by atoms with van der Waals surface area (Å²) >= 11 is 1.58. The van der Waals surface area contributed by atoms with Crippen molar-refractivity contribution in [1.29, 1.82) is 0 Å². The molecule has 0 aliphatic rings. The summed E-state index contributed by atoms with van der Waals surface area (Å²) in [4.78, 5) is 24.7. The van der Waals surface area contributed by atoms with Gasteiger partial charge in [-0.1, -0.05) is 0 Å². The fourth-order valence-corrected chi connectivity index (χ4v) is 3.00. The van der Waals surface area contributed by atoms with Crippen LogP contribution in [0.25, 0.3) is 10.6 Å². The molecular formula is C17H16N4OS. The van der Waals surface area contributed by atoms with Gasteiger partial charge in [-0.05, 0) is 37.6 Å². The van der Waals surface area contributed by atoms with Gasteiger partial charge in [0.15, 0.2) is 0 Å². The van der Waals surface area contributed by atoms with Gasteiger partial charge < -0.3 is 5.32 Å². The molecule has 3 heterocycles. The third-order valence-electron chi connectivity index (χ3n) is 3.27. The Hall–Kier alpha value is -2.60. The minimum absolute atomic E-state index is 0.0194. The van der Waals surface area contributed by atoms with E-state index in [1.807, 2.05) is 30.5 Å². The summed E-state index contributed by atoms with van der Waals surface area (Å²) in [5, 5.41) is 5.83.